The van der Waals surface area contributed by atoms with Gasteiger partial charge in [0.2, 0.25) is 0 Å². The van der Waals surface area contributed by atoms with Gasteiger partial charge in [0.1, 0.15) is 0 Å². The van der Waals surface area contributed by atoms with Crippen LogP contribution in [0.25, 0.3) is 0 Å². The Kier molecular flexibility index (Phi) is 2.94. The lowest BCUT2D eigenvalue weighted by Gasteiger charge is -2.31. The largest absolute Gasteiger partial charge is 0.370 e. The molecule has 0 saturated heterocycles. The molecule has 0 aromatic heterocycles. The third-order valence-electron chi connectivity index (χ3n) is 2.66. The number of hydrogen-bond donors (Lipinski definition) is 1. The summed E-state index contributed by atoms with van der Waals surface area (Å²) in [5, 5.41) is 0.832. The summed E-state index contributed by atoms with van der Waals surface area (Å²) in [5.41, 5.74) is 8.25. The van der Waals surface area contributed by atoms with Crippen molar-refractivity contribution >= 4 is 17.3 Å². The molecule has 0 aliphatic carbocycles. The van der Waals surface area contributed by atoms with Crippen LogP contribution in [0.5, 0.6) is 0 Å². The fraction of sp³-hybridized carbons (Fsp3) is 0.455. The van der Waals surface area contributed by atoms with Crippen LogP contribution in [0, 0.1) is 0 Å². The first-order chi connectivity index (χ1) is 6.81. The molecule has 0 bridgehead atoms. The van der Waals surface area contributed by atoms with Crippen molar-refractivity contribution in [1.29, 1.82) is 0 Å². The molecular weight excluding hydrogens is 196 g/mol. The van der Waals surface area contributed by atoms with Gasteiger partial charge in [-0.1, -0.05) is 11.6 Å². The summed E-state index contributed by atoms with van der Waals surface area (Å²) in [6, 6.07) is 6.13. The SMILES string of the molecule is NCCN1CCCc2cc(Cl)ccc21. The molecule has 3 heteroatoms. The van der Waals surface area contributed by atoms with Crippen molar-refractivity contribution in [3.63, 3.8) is 0 Å². The van der Waals surface area contributed by atoms with Crippen molar-refractivity contribution in [2.45, 2.75) is 12.8 Å². The number of hydrogen-bond acceptors (Lipinski definition) is 2. The molecule has 2 rings (SSSR count). The van der Waals surface area contributed by atoms with Gasteiger partial charge in [0.25, 0.3) is 0 Å². The number of nitrogens with two attached hydrogens (primary N) is 1. The second-order valence-electron chi connectivity index (χ2n) is 3.65. The highest BCUT2D eigenvalue weighted by Gasteiger charge is 2.15. The molecule has 2 nitrogen and oxygen atoms in total. The Hall–Kier alpha value is -0.730. The van der Waals surface area contributed by atoms with Crippen molar-refractivity contribution < 1.29 is 0 Å². The van der Waals surface area contributed by atoms with Gasteiger partial charge in [-0.2, -0.15) is 0 Å². The molecule has 1 aliphatic heterocycles. The molecule has 2 N–H and O–H groups in total. The average molecular weight is 211 g/mol. The van der Waals surface area contributed by atoms with E-state index in [1.165, 1.54) is 17.7 Å². The predicted molar refractivity (Wildman–Crippen MR) is 61.0 cm³/mol. The normalized spacial score (nSPS) is 15.4. The van der Waals surface area contributed by atoms with Crippen LogP contribution in [0.2, 0.25) is 5.02 Å². The highest BCUT2D eigenvalue weighted by atomic mass is 35.5. The second-order valence-corrected chi connectivity index (χ2v) is 4.09. The minimum absolute atomic E-state index is 0.710. The Bertz CT molecular complexity index is 325. The molecule has 0 amide bonds. The fourth-order valence-corrected chi connectivity index (χ4v) is 2.23. The Morgan fingerprint density at radius 3 is 3.07 bits per heavy atom. The molecule has 1 aromatic carbocycles. The fourth-order valence-electron chi connectivity index (χ4n) is 2.03. The predicted octanol–water partition coefficient (Wildman–Crippen LogP) is 2.05. The summed E-state index contributed by atoms with van der Waals surface area (Å²) in [6.07, 6.45) is 2.34. The lowest BCUT2D eigenvalue weighted by molar-refractivity contribution is 0.692. The van der Waals surface area contributed by atoms with E-state index in [-0.39, 0.29) is 0 Å². The molecular formula is C11H15ClN2. The molecule has 0 saturated carbocycles. The van der Waals surface area contributed by atoms with Gasteiger partial charge >= 0.3 is 0 Å². The summed E-state index contributed by atoms with van der Waals surface area (Å²) in [5.74, 6) is 0. The number of nitrogens with zero attached hydrogens (tertiary/aromatic N) is 1. The first-order valence-electron chi connectivity index (χ1n) is 5.04. The zero-order chi connectivity index (χ0) is 9.97. The maximum absolute atomic E-state index is 5.96. The molecule has 0 spiro atoms. The highest BCUT2D eigenvalue weighted by Crippen LogP contribution is 2.28. The minimum atomic E-state index is 0.710. The van der Waals surface area contributed by atoms with E-state index >= 15 is 0 Å². The maximum Gasteiger partial charge on any atom is 0.0410 e. The second kappa shape index (κ2) is 4.20. The van der Waals surface area contributed by atoms with Gasteiger partial charge in [0.05, 0.1) is 0 Å². The Morgan fingerprint density at radius 2 is 2.29 bits per heavy atom. The number of halogens is 1. The van der Waals surface area contributed by atoms with Crippen LogP contribution in [-0.2, 0) is 6.42 Å². The monoisotopic (exact) mass is 210 g/mol. The molecule has 0 atom stereocenters. The number of fused-ring (bicyclic) bond motifs is 1. The lowest BCUT2D eigenvalue weighted by atomic mass is 10.0. The first-order valence-corrected chi connectivity index (χ1v) is 5.42. The van der Waals surface area contributed by atoms with E-state index in [4.69, 9.17) is 17.3 Å². The summed E-state index contributed by atoms with van der Waals surface area (Å²) in [6.45, 7) is 2.77. The number of aryl methyl sites for hydroxylation is 1. The van der Waals surface area contributed by atoms with Gasteiger partial charge < -0.3 is 10.6 Å². The van der Waals surface area contributed by atoms with Crippen LogP contribution in [0.1, 0.15) is 12.0 Å². The van der Waals surface area contributed by atoms with Gasteiger partial charge in [0.15, 0.2) is 0 Å². The molecule has 1 aromatic rings. The third-order valence-corrected chi connectivity index (χ3v) is 2.89. The van der Waals surface area contributed by atoms with E-state index in [0.29, 0.717) is 6.54 Å². The van der Waals surface area contributed by atoms with E-state index in [0.717, 1.165) is 24.5 Å². The molecule has 0 radical (unpaired) electrons. The van der Waals surface area contributed by atoms with E-state index in [9.17, 15) is 0 Å². The van der Waals surface area contributed by atoms with Gasteiger partial charge in [0, 0.05) is 30.3 Å². The Morgan fingerprint density at radius 1 is 1.43 bits per heavy atom. The smallest absolute Gasteiger partial charge is 0.0410 e. The zero-order valence-corrected chi connectivity index (χ0v) is 8.93. The molecule has 1 heterocycles. The van der Waals surface area contributed by atoms with E-state index in [2.05, 4.69) is 17.0 Å². The van der Waals surface area contributed by atoms with E-state index < -0.39 is 0 Å². The van der Waals surface area contributed by atoms with Gasteiger partial charge in [-0.15, -0.1) is 0 Å². The lowest BCUT2D eigenvalue weighted by Crippen LogP contribution is -2.33. The first kappa shape index (κ1) is 9.81. The molecule has 1 aliphatic rings. The molecule has 76 valence electrons. The van der Waals surface area contributed by atoms with Crippen molar-refractivity contribution in [3.8, 4) is 0 Å². The van der Waals surface area contributed by atoms with Crippen LogP contribution in [0.3, 0.4) is 0 Å². The van der Waals surface area contributed by atoms with Crippen LogP contribution < -0.4 is 10.6 Å². The van der Waals surface area contributed by atoms with Crippen LogP contribution in [0.15, 0.2) is 18.2 Å². The maximum atomic E-state index is 5.96. The van der Waals surface area contributed by atoms with Crippen molar-refractivity contribution in [2.75, 3.05) is 24.5 Å². The zero-order valence-electron chi connectivity index (χ0n) is 8.17. The minimum Gasteiger partial charge on any atom is -0.370 e. The number of benzene rings is 1. The summed E-state index contributed by atoms with van der Waals surface area (Å²) in [7, 11) is 0. The van der Waals surface area contributed by atoms with Gasteiger partial charge in [-0.3, -0.25) is 0 Å². The summed E-state index contributed by atoms with van der Waals surface area (Å²) >= 11 is 5.96. The number of rotatable bonds is 2. The summed E-state index contributed by atoms with van der Waals surface area (Å²) in [4.78, 5) is 2.34. The standard InChI is InChI=1S/C11H15ClN2/c12-10-3-4-11-9(8-10)2-1-6-14(11)7-5-13/h3-4,8H,1-2,5-7,13H2. The van der Waals surface area contributed by atoms with E-state index in [1.54, 1.807) is 0 Å². The molecule has 0 fully saturated rings. The van der Waals surface area contributed by atoms with Crippen LogP contribution >= 0.6 is 11.6 Å². The Balaban J connectivity index is 2.30. The topological polar surface area (TPSA) is 29.3 Å². The van der Waals surface area contributed by atoms with Crippen LogP contribution in [-0.4, -0.2) is 19.6 Å². The van der Waals surface area contributed by atoms with E-state index in [1.807, 2.05) is 6.07 Å². The van der Waals surface area contributed by atoms with Gasteiger partial charge in [-0.25, -0.2) is 0 Å². The van der Waals surface area contributed by atoms with Crippen molar-refractivity contribution in [2.24, 2.45) is 5.73 Å². The molecule has 0 unspecified atom stereocenters. The quantitative estimate of drug-likeness (QED) is 0.810. The van der Waals surface area contributed by atoms with Crippen molar-refractivity contribution in [1.82, 2.24) is 0 Å². The third kappa shape index (κ3) is 1.86. The van der Waals surface area contributed by atoms with Crippen LogP contribution in [0.4, 0.5) is 5.69 Å². The highest BCUT2D eigenvalue weighted by molar-refractivity contribution is 6.30. The average Bonchev–Trinajstić information content (AvgIpc) is 2.18. The molecule has 14 heavy (non-hydrogen) atoms. The van der Waals surface area contributed by atoms with Crippen molar-refractivity contribution in [3.05, 3.63) is 28.8 Å². The summed E-state index contributed by atoms with van der Waals surface area (Å²) < 4.78 is 0. The van der Waals surface area contributed by atoms with Gasteiger partial charge in [-0.05, 0) is 36.6 Å². The number of anilines is 1. The Labute approximate surface area is 89.7 Å².